The van der Waals surface area contributed by atoms with E-state index in [0.29, 0.717) is 23.3 Å². The van der Waals surface area contributed by atoms with Gasteiger partial charge in [0.25, 0.3) is 0 Å². The summed E-state index contributed by atoms with van der Waals surface area (Å²) < 4.78 is 11.6. The van der Waals surface area contributed by atoms with Crippen molar-refractivity contribution in [1.82, 2.24) is 19.9 Å². The van der Waals surface area contributed by atoms with Crippen LogP contribution in [0.1, 0.15) is 29.1 Å². The van der Waals surface area contributed by atoms with Crippen LogP contribution in [-0.2, 0) is 5.75 Å². The van der Waals surface area contributed by atoms with E-state index in [9.17, 15) is 0 Å². The third kappa shape index (κ3) is 5.70. The van der Waals surface area contributed by atoms with Gasteiger partial charge in [-0.1, -0.05) is 11.8 Å². The predicted molar refractivity (Wildman–Crippen MR) is 131 cm³/mol. The maximum Gasteiger partial charge on any atom is 0.190 e. The molecule has 2 N–H and O–H groups in total. The standard InChI is InChI=1S/C23H29N5O2S2/c1-15-12-21(24)27-23(25-15)31-14-18-16(2)32-22(26-18)17-6-7-19(29-3)20(13-17)30-11-10-28-8-4-5-9-28/h6-7,12-13H,4-5,8-11,14H2,1-3H3,(H2,24,25,27). The lowest BCUT2D eigenvalue weighted by Crippen LogP contribution is -2.25. The lowest BCUT2D eigenvalue weighted by molar-refractivity contribution is 0.230. The van der Waals surface area contributed by atoms with E-state index in [1.54, 1.807) is 36.3 Å². The topological polar surface area (TPSA) is 86.4 Å². The zero-order chi connectivity index (χ0) is 22.5. The Kier molecular flexibility index (Phi) is 7.49. The quantitative estimate of drug-likeness (QED) is 0.359. The van der Waals surface area contributed by atoms with Crippen LogP contribution in [0.3, 0.4) is 0 Å². The van der Waals surface area contributed by atoms with Crippen LogP contribution in [-0.4, -0.2) is 53.2 Å². The molecule has 170 valence electrons. The number of rotatable bonds is 9. The van der Waals surface area contributed by atoms with E-state index in [1.807, 2.05) is 25.1 Å². The third-order valence-corrected chi connectivity index (χ3v) is 7.28. The van der Waals surface area contributed by atoms with Crippen LogP contribution in [0.2, 0.25) is 0 Å². The van der Waals surface area contributed by atoms with Gasteiger partial charge in [-0.05, 0) is 58.0 Å². The summed E-state index contributed by atoms with van der Waals surface area (Å²) >= 11 is 3.23. The minimum absolute atomic E-state index is 0.492. The van der Waals surface area contributed by atoms with Crippen molar-refractivity contribution in [3.05, 3.63) is 40.5 Å². The molecule has 3 heterocycles. The zero-order valence-electron chi connectivity index (χ0n) is 18.8. The molecule has 9 heteroatoms. The molecule has 3 aromatic rings. The van der Waals surface area contributed by atoms with Crippen molar-refractivity contribution in [3.8, 4) is 22.1 Å². The predicted octanol–water partition coefficient (Wildman–Crippen LogP) is 4.57. The molecule has 0 spiro atoms. The highest BCUT2D eigenvalue weighted by Gasteiger charge is 2.15. The van der Waals surface area contributed by atoms with Gasteiger partial charge in [0.05, 0.1) is 12.8 Å². The first-order valence-corrected chi connectivity index (χ1v) is 12.6. The average molecular weight is 472 g/mol. The van der Waals surface area contributed by atoms with Crippen molar-refractivity contribution in [2.45, 2.75) is 37.6 Å². The molecule has 1 aliphatic rings. The summed E-state index contributed by atoms with van der Waals surface area (Å²) in [6, 6.07) is 7.79. The summed E-state index contributed by atoms with van der Waals surface area (Å²) in [7, 11) is 1.67. The van der Waals surface area contributed by atoms with Gasteiger partial charge in [-0.15, -0.1) is 11.3 Å². The summed E-state index contributed by atoms with van der Waals surface area (Å²) in [6.45, 7) is 7.94. The van der Waals surface area contributed by atoms with Gasteiger partial charge in [0, 0.05) is 34.5 Å². The SMILES string of the molecule is COc1ccc(-c2nc(CSc3nc(C)cc(N)n3)c(C)s2)cc1OCCN1CCCC1. The van der Waals surface area contributed by atoms with Crippen molar-refractivity contribution in [2.24, 2.45) is 0 Å². The van der Waals surface area contributed by atoms with Crippen LogP contribution < -0.4 is 15.2 Å². The Morgan fingerprint density at radius 2 is 1.91 bits per heavy atom. The fraction of sp³-hybridized carbons (Fsp3) is 0.435. The molecule has 0 bridgehead atoms. The molecule has 2 aromatic heterocycles. The number of nitrogens with zero attached hydrogens (tertiary/aromatic N) is 4. The molecule has 1 saturated heterocycles. The van der Waals surface area contributed by atoms with Crippen LogP contribution in [0.15, 0.2) is 29.4 Å². The highest BCUT2D eigenvalue weighted by atomic mass is 32.2. The average Bonchev–Trinajstić information content (AvgIpc) is 3.41. The number of methoxy groups -OCH3 is 1. The summed E-state index contributed by atoms with van der Waals surface area (Å²) in [6.07, 6.45) is 2.57. The van der Waals surface area contributed by atoms with E-state index in [-0.39, 0.29) is 0 Å². The first kappa shape index (κ1) is 22.8. The molecule has 7 nitrogen and oxygen atoms in total. The number of hydrogen-bond donors (Lipinski definition) is 1. The first-order chi connectivity index (χ1) is 15.5. The minimum atomic E-state index is 0.492. The number of aryl methyl sites for hydroxylation is 2. The van der Waals surface area contributed by atoms with Crippen molar-refractivity contribution in [1.29, 1.82) is 0 Å². The molecule has 4 rings (SSSR count). The highest BCUT2D eigenvalue weighted by Crippen LogP contribution is 2.36. The Bertz CT molecular complexity index is 1050. The lowest BCUT2D eigenvalue weighted by Gasteiger charge is -2.16. The van der Waals surface area contributed by atoms with Gasteiger partial charge >= 0.3 is 0 Å². The van der Waals surface area contributed by atoms with E-state index in [2.05, 4.69) is 21.8 Å². The van der Waals surface area contributed by atoms with E-state index < -0.39 is 0 Å². The first-order valence-electron chi connectivity index (χ1n) is 10.8. The number of nitrogen functional groups attached to an aromatic ring is 1. The number of anilines is 1. The molecule has 0 amide bonds. The van der Waals surface area contributed by atoms with E-state index in [1.165, 1.54) is 30.8 Å². The lowest BCUT2D eigenvalue weighted by atomic mass is 10.2. The van der Waals surface area contributed by atoms with Gasteiger partial charge in [-0.25, -0.2) is 15.0 Å². The summed E-state index contributed by atoms with van der Waals surface area (Å²) in [4.78, 5) is 17.3. The second-order valence-electron chi connectivity index (χ2n) is 7.79. The smallest absolute Gasteiger partial charge is 0.190 e. The molecule has 0 atom stereocenters. The molecule has 0 saturated carbocycles. The summed E-state index contributed by atoms with van der Waals surface area (Å²) in [5.41, 5.74) is 8.77. The largest absolute Gasteiger partial charge is 0.493 e. The zero-order valence-corrected chi connectivity index (χ0v) is 20.4. The van der Waals surface area contributed by atoms with Gasteiger partial charge in [0.15, 0.2) is 16.7 Å². The van der Waals surface area contributed by atoms with E-state index in [0.717, 1.165) is 40.0 Å². The third-order valence-electron chi connectivity index (χ3n) is 5.36. The number of hydrogen-bond acceptors (Lipinski definition) is 9. The molecule has 1 fully saturated rings. The second-order valence-corrected chi connectivity index (χ2v) is 9.94. The van der Waals surface area contributed by atoms with Gasteiger partial charge in [0.2, 0.25) is 0 Å². The molecule has 1 aliphatic heterocycles. The van der Waals surface area contributed by atoms with Crippen molar-refractivity contribution >= 4 is 28.9 Å². The maximum absolute atomic E-state index is 6.09. The summed E-state index contributed by atoms with van der Waals surface area (Å²) in [5, 5.41) is 1.64. The second kappa shape index (κ2) is 10.5. The van der Waals surface area contributed by atoms with Gasteiger partial charge in [-0.2, -0.15) is 0 Å². The summed E-state index contributed by atoms with van der Waals surface area (Å²) in [5.74, 6) is 2.69. The number of nitrogens with two attached hydrogens (primary N) is 1. The fourth-order valence-corrected chi connectivity index (χ4v) is 5.60. The Morgan fingerprint density at radius 1 is 1.09 bits per heavy atom. The molecule has 0 radical (unpaired) electrons. The number of thiazole rings is 1. The molecular formula is C23H29N5O2S2. The number of benzene rings is 1. The Hall–Kier alpha value is -2.36. The molecule has 0 aliphatic carbocycles. The maximum atomic E-state index is 6.09. The number of likely N-dealkylation sites (tertiary alicyclic amines) is 1. The normalized spacial score (nSPS) is 14.1. The van der Waals surface area contributed by atoms with Crippen molar-refractivity contribution in [2.75, 3.05) is 39.1 Å². The minimum Gasteiger partial charge on any atom is -0.493 e. The van der Waals surface area contributed by atoms with Gasteiger partial charge in [0.1, 0.15) is 17.4 Å². The molecule has 1 aromatic carbocycles. The number of ether oxygens (including phenoxy) is 2. The van der Waals surface area contributed by atoms with Crippen LogP contribution in [0.5, 0.6) is 11.5 Å². The van der Waals surface area contributed by atoms with E-state index >= 15 is 0 Å². The van der Waals surface area contributed by atoms with Gasteiger partial charge < -0.3 is 15.2 Å². The molecule has 0 unspecified atom stereocenters. The van der Waals surface area contributed by atoms with Crippen LogP contribution in [0, 0.1) is 13.8 Å². The van der Waals surface area contributed by atoms with Crippen LogP contribution >= 0.6 is 23.1 Å². The molecular weight excluding hydrogens is 442 g/mol. The van der Waals surface area contributed by atoms with Crippen molar-refractivity contribution < 1.29 is 9.47 Å². The molecule has 32 heavy (non-hydrogen) atoms. The number of aromatic nitrogens is 3. The van der Waals surface area contributed by atoms with Crippen molar-refractivity contribution in [3.63, 3.8) is 0 Å². The monoisotopic (exact) mass is 471 g/mol. The Balaban J connectivity index is 1.45. The van der Waals surface area contributed by atoms with Gasteiger partial charge in [-0.3, -0.25) is 4.90 Å². The number of thioether (sulfide) groups is 1. The Labute approximate surface area is 197 Å². The highest BCUT2D eigenvalue weighted by molar-refractivity contribution is 7.98. The van der Waals surface area contributed by atoms with E-state index in [4.69, 9.17) is 20.2 Å². The van der Waals surface area contributed by atoms with Crippen LogP contribution in [0.4, 0.5) is 5.82 Å². The fourth-order valence-electron chi connectivity index (χ4n) is 3.66. The van der Waals surface area contributed by atoms with Crippen LogP contribution in [0.25, 0.3) is 10.6 Å². The Morgan fingerprint density at radius 3 is 2.66 bits per heavy atom.